The van der Waals surface area contributed by atoms with E-state index in [2.05, 4.69) is 42.0 Å². The predicted octanol–water partition coefficient (Wildman–Crippen LogP) is 4.71. The largest absolute Gasteiger partial charge is 0.395 e. The first-order valence-electron chi connectivity index (χ1n) is 7.75. The highest BCUT2D eigenvalue weighted by atomic mass is 35.5. The number of aryl methyl sites for hydroxylation is 2. The van der Waals surface area contributed by atoms with Gasteiger partial charge in [0.25, 0.3) is 0 Å². The van der Waals surface area contributed by atoms with Gasteiger partial charge in [-0.15, -0.1) is 11.3 Å². The molecule has 3 rings (SSSR count). The van der Waals surface area contributed by atoms with E-state index < -0.39 is 0 Å². The van der Waals surface area contributed by atoms with Crippen molar-refractivity contribution >= 4 is 28.6 Å². The van der Waals surface area contributed by atoms with E-state index in [4.69, 9.17) is 16.6 Å². The first kappa shape index (κ1) is 17.0. The highest BCUT2D eigenvalue weighted by molar-refractivity contribution is 7.07. The maximum atomic E-state index is 9.47. The van der Waals surface area contributed by atoms with Gasteiger partial charge in [0.1, 0.15) is 0 Å². The van der Waals surface area contributed by atoms with Crippen molar-refractivity contribution in [2.24, 2.45) is 4.99 Å². The van der Waals surface area contributed by atoms with Crippen molar-refractivity contribution < 1.29 is 5.11 Å². The zero-order valence-electron chi connectivity index (χ0n) is 13.7. The van der Waals surface area contributed by atoms with Gasteiger partial charge >= 0.3 is 0 Å². The molecule has 0 radical (unpaired) electrons. The molecule has 0 saturated carbocycles. The van der Waals surface area contributed by atoms with E-state index in [1.807, 2.05) is 24.3 Å². The Morgan fingerprint density at radius 2 is 1.88 bits per heavy atom. The van der Waals surface area contributed by atoms with Crippen LogP contribution >= 0.6 is 22.9 Å². The van der Waals surface area contributed by atoms with Gasteiger partial charge < -0.3 is 9.67 Å². The Balaban J connectivity index is 2.12. The molecule has 0 aliphatic rings. The number of hydrogen-bond donors (Lipinski definition) is 1. The number of benzene rings is 2. The fourth-order valence-corrected chi connectivity index (χ4v) is 3.75. The summed E-state index contributed by atoms with van der Waals surface area (Å²) in [5.74, 6) is 0. The van der Waals surface area contributed by atoms with Crippen molar-refractivity contribution in [2.75, 3.05) is 6.61 Å². The number of halogens is 1. The first-order valence-corrected chi connectivity index (χ1v) is 9.01. The zero-order valence-corrected chi connectivity index (χ0v) is 15.2. The fourth-order valence-electron chi connectivity index (χ4n) is 2.68. The van der Waals surface area contributed by atoms with Crippen molar-refractivity contribution in [1.29, 1.82) is 0 Å². The minimum Gasteiger partial charge on any atom is -0.395 e. The number of hydrogen-bond acceptors (Lipinski definition) is 3. The molecule has 0 atom stereocenters. The molecular weight excluding hydrogens is 340 g/mol. The van der Waals surface area contributed by atoms with E-state index in [9.17, 15) is 5.11 Å². The van der Waals surface area contributed by atoms with Crippen LogP contribution in [0.15, 0.2) is 52.8 Å². The van der Waals surface area contributed by atoms with Crippen molar-refractivity contribution in [1.82, 2.24) is 4.57 Å². The summed E-state index contributed by atoms with van der Waals surface area (Å²) in [6.07, 6.45) is 0. The number of aliphatic hydroxyl groups is 1. The highest BCUT2D eigenvalue weighted by Crippen LogP contribution is 2.25. The Hall–Kier alpha value is -1.88. The molecule has 0 amide bonds. The smallest absolute Gasteiger partial charge is 0.190 e. The zero-order chi connectivity index (χ0) is 17.1. The Morgan fingerprint density at radius 1 is 1.12 bits per heavy atom. The fraction of sp³-hybridized carbons (Fsp3) is 0.211. The molecule has 0 aliphatic heterocycles. The van der Waals surface area contributed by atoms with Crippen LogP contribution in [0.1, 0.15) is 11.1 Å². The van der Waals surface area contributed by atoms with Gasteiger partial charge in [-0.1, -0.05) is 35.4 Å². The van der Waals surface area contributed by atoms with E-state index in [0.717, 1.165) is 16.2 Å². The number of rotatable bonds is 4. The molecule has 3 nitrogen and oxygen atoms in total. The lowest BCUT2D eigenvalue weighted by Crippen LogP contribution is -2.18. The Labute approximate surface area is 150 Å². The molecule has 3 aromatic rings. The van der Waals surface area contributed by atoms with Gasteiger partial charge in [0.2, 0.25) is 0 Å². The SMILES string of the molecule is Cc1ccc(-c2csc(=Nc3ccc(Cl)cc3)n2CCO)c(C)c1. The lowest BCUT2D eigenvalue weighted by molar-refractivity contribution is 0.275. The van der Waals surface area contributed by atoms with Crippen molar-refractivity contribution in [3.05, 3.63) is 68.8 Å². The van der Waals surface area contributed by atoms with Gasteiger partial charge in [-0.05, 0) is 43.7 Å². The van der Waals surface area contributed by atoms with Crippen molar-refractivity contribution in [2.45, 2.75) is 20.4 Å². The summed E-state index contributed by atoms with van der Waals surface area (Å²) in [5, 5.41) is 12.3. The highest BCUT2D eigenvalue weighted by Gasteiger charge is 2.10. The average molecular weight is 359 g/mol. The molecule has 0 unspecified atom stereocenters. The van der Waals surface area contributed by atoms with Gasteiger partial charge in [-0.25, -0.2) is 4.99 Å². The van der Waals surface area contributed by atoms with E-state index in [0.29, 0.717) is 11.6 Å². The van der Waals surface area contributed by atoms with Crippen molar-refractivity contribution in [3.63, 3.8) is 0 Å². The summed E-state index contributed by atoms with van der Waals surface area (Å²) in [4.78, 5) is 5.57. The van der Waals surface area contributed by atoms with Crippen LogP contribution in [-0.2, 0) is 6.54 Å². The number of nitrogens with zero attached hydrogens (tertiary/aromatic N) is 2. The minimum absolute atomic E-state index is 0.0719. The summed E-state index contributed by atoms with van der Waals surface area (Å²) in [7, 11) is 0. The number of aromatic nitrogens is 1. The minimum atomic E-state index is 0.0719. The molecule has 0 saturated heterocycles. The normalized spacial score (nSPS) is 11.9. The first-order chi connectivity index (χ1) is 11.6. The van der Waals surface area contributed by atoms with E-state index in [-0.39, 0.29) is 6.61 Å². The van der Waals surface area contributed by atoms with Crippen LogP contribution in [0.4, 0.5) is 5.69 Å². The van der Waals surface area contributed by atoms with Crippen LogP contribution in [0.5, 0.6) is 0 Å². The lowest BCUT2D eigenvalue weighted by atomic mass is 10.0. The summed E-state index contributed by atoms with van der Waals surface area (Å²) in [6.45, 7) is 4.79. The molecule has 1 N–H and O–H groups in total. The maximum Gasteiger partial charge on any atom is 0.190 e. The molecule has 124 valence electrons. The second-order valence-electron chi connectivity index (χ2n) is 5.69. The Morgan fingerprint density at radius 3 is 2.54 bits per heavy atom. The lowest BCUT2D eigenvalue weighted by Gasteiger charge is -2.10. The second kappa shape index (κ2) is 7.34. The number of thiazole rings is 1. The second-order valence-corrected chi connectivity index (χ2v) is 6.96. The quantitative estimate of drug-likeness (QED) is 0.720. The van der Waals surface area contributed by atoms with Gasteiger partial charge in [-0.2, -0.15) is 0 Å². The van der Waals surface area contributed by atoms with Crippen LogP contribution in [0.25, 0.3) is 11.3 Å². The predicted molar refractivity (Wildman–Crippen MR) is 101 cm³/mol. The molecule has 1 heterocycles. The van der Waals surface area contributed by atoms with E-state index in [1.165, 1.54) is 16.7 Å². The summed E-state index contributed by atoms with van der Waals surface area (Å²) in [6, 6.07) is 13.9. The van der Waals surface area contributed by atoms with Crippen LogP contribution in [-0.4, -0.2) is 16.3 Å². The molecule has 0 aliphatic carbocycles. The summed E-state index contributed by atoms with van der Waals surface area (Å²) >= 11 is 7.51. The van der Waals surface area contributed by atoms with Crippen molar-refractivity contribution in [3.8, 4) is 11.3 Å². The molecular formula is C19H19ClN2OS. The third kappa shape index (κ3) is 3.61. The third-order valence-corrected chi connectivity index (χ3v) is 4.95. The van der Waals surface area contributed by atoms with Crippen LogP contribution in [0.3, 0.4) is 0 Å². The van der Waals surface area contributed by atoms with Gasteiger partial charge in [0.15, 0.2) is 4.80 Å². The number of aliphatic hydroxyl groups excluding tert-OH is 1. The standard InChI is InChI=1S/C19H19ClN2OS/c1-13-3-8-17(14(2)11-13)18-12-24-19(22(18)9-10-23)21-16-6-4-15(20)5-7-16/h3-8,11-12,23H,9-10H2,1-2H3. The maximum absolute atomic E-state index is 9.47. The van der Waals surface area contributed by atoms with E-state index >= 15 is 0 Å². The molecule has 1 aromatic heterocycles. The molecule has 0 spiro atoms. The Kier molecular flexibility index (Phi) is 5.19. The van der Waals surface area contributed by atoms with Gasteiger partial charge in [-0.3, -0.25) is 0 Å². The molecule has 5 heteroatoms. The molecule has 2 aromatic carbocycles. The molecule has 24 heavy (non-hydrogen) atoms. The molecule has 0 fully saturated rings. The van der Waals surface area contributed by atoms with Gasteiger partial charge in [0, 0.05) is 22.5 Å². The van der Waals surface area contributed by atoms with Crippen LogP contribution in [0, 0.1) is 13.8 Å². The summed E-state index contributed by atoms with van der Waals surface area (Å²) in [5.41, 5.74) is 5.56. The summed E-state index contributed by atoms with van der Waals surface area (Å²) < 4.78 is 2.07. The topological polar surface area (TPSA) is 37.5 Å². The van der Waals surface area contributed by atoms with E-state index in [1.54, 1.807) is 11.3 Å². The van der Waals surface area contributed by atoms with Gasteiger partial charge in [0.05, 0.1) is 18.0 Å². The average Bonchev–Trinajstić information content (AvgIpc) is 2.93. The molecule has 0 bridgehead atoms. The Bertz CT molecular complexity index is 910. The van der Waals surface area contributed by atoms with Crippen LogP contribution in [0.2, 0.25) is 5.02 Å². The third-order valence-electron chi connectivity index (χ3n) is 3.83. The van der Waals surface area contributed by atoms with Crippen LogP contribution < -0.4 is 4.80 Å². The monoisotopic (exact) mass is 358 g/mol.